The zero-order valence-electron chi connectivity index (χ0n) is 12.9. The summed E-state index contributed by atoms with van der Waals surface area (Å²) in [6, 6.07) is 11.1. The molecule has 3 aromatic rings. The Hall–Kier alpha value is -3.68. The molecular weight excluding hydrogens is 330 g/mol. The number of nitro benzene ring substituents is 1. The van der Waals surface area contributed by atoms with Gasteiger partial charge in [-0.3, -0.25) is 10.1 Å². The topological polar surface area (TPSA) is 109 Å². The molecule has 3 rings (SSSR count). The molecule has 0 spiro atoms. The van der Waals surface area contributed by atoms with Gasteiger partial charge in [0.2, 0.25) is 0 Å². The first-order chi connectivity index (χ1) is 12.0. The normalized spacial score (nSPS) is 10.4. The first-order valence-corrected chi connectivity index (χ1v) is 7.06. The van der Waals surface area contributed by atoms with Crippen LogP contribution in [0.2, 0.25) is 0 Å². The van der Waals surface area contributed by atoms with Gasteiger partial charge in [0.15, 0.2) is 0 Å². The molecule has 0 radical (unpaired) electrons. The Morgan fingerprint density at radius 2 is 1.76 bits per heavy atom. The van der Waals surface area contributed by atoms with E-state index in [0.29, 0.717) is 16.7 Å². The molecule has 0 N–H and O–H groups in total. The lowest BCUT2D eigenvalue weighted by molar-refractivity contribution is -0.384. The number of carbonyl (C=O) groups excluding carboxylic acids is 1. The third-order valence-electron chi connectivity index (χ3n) is 3.42. The minimum Gasteiger partial charge on any atom is -0.497 e. The number of benzene rings is 2. The largest absolute Gasteiger partial charge is 0.497 e. The second-order valence-corrected chi connectivity index (χ2v) is 4.99. The van der Waals surface area contributed by atoms with Crippen LogP contribution in [0.1, 0.15) is 10.4 Å². The molecule has 0 bridgehead atoms. The highest BCUT2D eigenvalue weighted by molar-refractivity contribution is 5.94. The molecule has 0 fully saturated rings. The van der Waals surface area contributed by atoms with E-state index in [-0.39, 0.29) is 17.0 Å². The second-order valence-electron chi connectivity index (χ2n) is 4.99. The van der Waals surface area contributed by atoms with Crippen molar-refractivity contribution in [1.29, 1.82) is 0 Å². The van der Waals surface area contributed by atoms with E-state index < -0.39 is 16.5 Å². The van der Waals surface area contributed by atoms with Gasteiger partial charge in [0.25, 0.3) is 5.69 Å². The van der Waals surface area contributed by atoms with Gasteiger partial charge < -0.3 is 13.9 Å². The summed E-state index contributed by atoms with van der Waals surface area (Å²) in [5, 5.41) is 11.1. The van der Waals surface area contributed by atoms with Crippen LogP contribution in [0.25, 0.3) is 11.0 Å². The molecule has 0 aliphatic rings. The molecule has 1 aromatic heterocycles. The van der Waals surface area contributed by atoms with Crippen LogP contribution in [0.5, 0.6) is 11.5 Å². The van der Waals surface area contributed by atoms with E-state index in [1.165, 1.54) is 37.4 Å². The summed E-state index contributed by atoms with van der Waals surface area (Å²) >= 11 is 0. The fourth-order valence-corrected chi connectivity index (χ4v) is 2.17. The molecule has 0 atom stereocenters. The molecule has 126 valence electrons. The van der Waals surface area contributed by atoms with Crippen molar-refractivity contribution < 1.29 is 23.6 Å². The summed E-state index contributed by atoms with van der Waals surface area (Å²) < 4.78 is 15.3. The van der Waals surface area contributed by atoms with Gasteiger partial charge >= 0.3 is 11.6 Å². The summed E-state index contributed by atoms with van der Waals surface area (Å²) in [6.07, 6.45) is 0. The number of carbonyl (C=O) groups is 1. The Morgan fingerprint density at radius 1 is 1.08 bits per heavy atom. The van der Waals surface area contributed by atoms with Crippen molar-refractivity contribution in [1.82, 2.24) is 0 Å². The zero-order chi connectivity index (χ0) is 18.0. The SMILES string of the molecule is COc1ccc2oc(=O)c(C(=O)Oc3ccc([N+](=O)[O-])cc3)cc2c1. The van der Waals surface area contributed by atoms with Gasteiger partial charge in [-0.15, -0.1) is 0 Å². The minimum atomic E-state index is -0.924. The Kier molecular flexibility index (Phi) is 4.17. The van der Waals surface area contributed by atoms with Gasteiger partial charge in [-0.05, 0) is 36.4 Å². The maximum Gasteiger partial charge on any atom is 0.351 e. The predicted molar refractivity (Wildman–Crippen MR) is 87.1 cm³/mol. The summed E-state index contributed by atoms with van der Waals surface area (Å²) in [5.74, 6) is -0.316. The van der Waals surface area contributed by atoms with Gasteiger partial charge in [0.1, 0.15) is 22.6 Å². The average molecular weight is 341 g/mol. The number of fused-ring (bicyclic) bond motifs is 1. The molecule has 8 heteroatoms. The molecule has 0 aliphatic heterocycles. The van der Waals surface area contributed by atoms with Crippen molar-refractivity contribution in [2.45, 2.75) is 0 Å². The van der Waals surface area contributed by atoms with Gasteiger partial charge in [0.05, 0.1) is 12.0 Å². The minimum absolute atomic E-state index is 0.0701. The quantitative estimate of drug-likeness (QED) is 0.236. The van der Waals surface area contributed by atoms with Crippen LogP contribution in [0, 0.1) is 10.1 Å². The van der Waals surface area contributed by atoms with Crippen molar-refractivity contribution in [3.63, 3.8) is 0 Å². The van der Waals surface area contributed by atoms with Crippen LogP contribution in [0.3, 0.4) is 0 Å². The van der Waals surface area contributed by atoms with E-state index in [9.17, 15) is 19.7 Å². The third-order valence-corrected chi connectivity index (χ3v) is 3.42. The molecule has 0 amide bonds. The number of rotatable bonds is 4. The number of hydrogen-bond acceptors (Lipinski definition) is 7. The van der Waals surface area contributed by atoms with Crippen molar-refractivity contribution in [3.8, 4) is 11.5 Å². The molecule has 8 nitrogen and oxygen atoms in total. The van der Waals surface area contributed by atoms with Gasteiger partial charge in [-0.2, -0.15) is 0 Å². The third kappa shape index (κ3) is 3.32. The molecule has 0 unspecified atom stereocenters. The van der Waals surface area contributed by atoms with Crippen molar-refractivity contribution in [2.24, 2.45) is 0 Å². The van der Waals surface area contributed by atoms with Crippen molar-refractivity contribution in [3.05, 3.63) is 74.6 Å². The van der Waals surface area contributed by atoms with Crippen LogP contribution in [0.4, 0.5) is 5.69 Å². The fourth-order valence-electron chi connectivity index (χ4n) is 2.17. The van der Waals surface area contributed by atoms with E-state index >= 15 is 0 Å². The Labute approximate surface area is 140 Å². The van der Waals surface area contributed by atoms with Gasteiger partial charge in [0, 0.05) is 17.5 Å². The molecule has 0 saturated carbocycles. The molecule has 0 aliphatic carbocycles. The number of esters is 1. The predicted octanol–water partition coefficient (Wildman–Crippen LogP) is 2.93. The Balaban J connectivity index is 1.91. The van der Waals surface area contributed by atoms with E-state index in [0.717, 1.165) is 0 Å². The highest BCUT2D eigenvalue weighted by Crippen LogP contribution is 2.22. The standard InChI is InChI=1S/C17H11NO7/c1-23-13-6-7-15-10(8-13)9-14(17(20)25-15)16(19)24-12-4-2-11(3-5-12)18(21)22/h2-9H,1H3. The average Bonchev–Trinajstić information content (AvgIpc) is 2.61. The van der Waals surface area contributed by atoms with Crippen molar-refractivity contribution >= 4 is 22.6 Å². The first kappa shape index (κ1) is 16.2. The number of ether oxygens (including phenoxy) is 2. The lowest BCUT2D eigenvalue weighted by atomic mass is 10.2. The van der Waals surface area contributed by atoms with Crippen LogP contribution < -0.4 is 15.1 Å². The van der Waals surface area contributed by atoms with Crippen LogP contribution in [-0.2, 0) is 0 Å². The van der Waals surface area contributed by atoms with Crippen molar-refractivity contribution in [2.75, 3.05) is 7.11 Å². The number of methoxy groups -OCH3 is 1. The molecule has 25 heavy (non-hydrogen) atoms. The zero-order valence-corrected chi connectivity index (χ0v) is 12.9. The second kappa shape index (κ2) is 6.44. The maximum atomic E-state index is 12.2. The monoisotopic (exact) mass is 341 g/mol. The Bertz CT molecular complexity index is 1020. The van der Waals surface area contributed by atoms with Gasteiger partial charge in [-0.25, -0.2) is 9.59 Å². The number of non-ortho nitro benzene ring substituents is 1. The van der Waals surface area contributed by atoms with E-state index in [2.05, 4.69) is 0 Å². The smallest absolute Gasteiger partial charge is 0.351 e. The lowest BCUT2D eigenvalue weighted by Crippen LogP contribution is -2.18. The fraction of sp³-hybridized carbons (Fsp3) is 0.0588. The van der Waals surface area contributed by atoms with E-state index in [1.807, 2.05) is 0 Å². The summed E-state index contributed by atoms with van der Waals surface area (Å²) in [6.45, 7) is 0. The molecule has 1 heterocycles. The highest BCUT2D eigenvalue weighted by Gasteiger charge is 2.17. The number of hydrogen-bond donors (Lipinski definition) is 0. The maximum absolute atomic E-state index is 12.2. The Morgan fingerprint density at radius 3 is 2.40 bits per heavy atom. The summed E-state index contributed by atoms with van der Waals surface area (Å²) in [7, 11) is 1.49. The van der Waals surface area contributed by atoms with E-state index in [1.54, 1.807) is 18.2 Å². The van der Waals surface area contributed by atoms with Crippen LogP contribution in [0.15, 0.2) is 57.7 Å². The molecule has 0 saturated heterocycles. The number of nitrogens with zero attached hydrogens (tertiary/aromatic N) is 1. The summed E-state index contributed by atoms with van der Waals surface area (Å²) in [4.78, 5) is 34.2. The summed E-state index contributed by atoms with van der Waals surface area (Å²) in [5.41, 5.74) is -0.974. The number of nitro groups is 1. The van der Waals surface area contributed by atoms with Gasteiger partial charge in [-0.1, -0.05) is 0 Å². The van der Waals surface area contributed by atoms with Crippen LogP contribution >= 0.6 is 0 Å². The van der Waals surface area contributed by atoms with Crippen LogP contribution in [-0.4, -0.2) is 18.0 Å². The first-order valence-electron chi connectivity index (χ1n) is 7.06. The molecular formula is C17H11NO7. The highest BCUT2D eigenvalue weighted by atomic mass is 16.6. The van der Waals surface area contributed by atoms with E-state index in [4.69, 9.17) is 13.9 Å². The molecule has 2 aromatic carbocycles. The lowest BCUT2D eigenvalue weighted by Gasteiger charge is -2.05.